The van der Waals surface area contributed by atoms with E-state index < -0.39 is 6.61 Å². The van der Waals surface area contributed by atoms with E-state index >= 15 is 0 Å². The monoisotopic (exact) mass is 335 g/mol. The molecule has 5 heteroatoms. The molecule has 0 bridgehead atoms. The molecule has 0 saturated carbocycles. The summed E-state index contributed by atoms with van der Waals surface area (Å²) in [7, 11) is 0. The average Bonchev–Trinajstić information content (AvgIpc) is 2.31. The third-order valence-electron chi connectivity index (χ3n) is 2.69. The molecule has 0 aliphatic carbocycles. The molecule has 0 heterocycles. The van der Waals surface area contributed by atoms with Gasteiger partial charge in [-0.05, 0) is 43.5 Å². The van der Waals surface area contributed by atoms with Crippen LogP contribution in [0, 0.1) is 5.92 Å². The topological polar surface area (TPSA) is 21.3 Å². The van der Waals surface area contributed by atoms with Crippen LogP contribution in [0.1, 0.15) is 32.3 Å². The Kier molecular flexibility index (Phi) is 7.31. The van der Waals surface area contributed by atoms with Crippen LogP contribution in [0.3, 0.4) is 0 Å². The molecule has 0 aliphatic heterocycles. The van der Waals surface area contributed by atoms with E-state index in [4.69, 9.17) is 0 Å². The van der Waals surface area contributed by atoms with Gasteiger partial charge in [-0.3, -0.25) is 0 Å². The molecule has 1 aromatic carbocycles. The molecule has 0 aromatic heterocycles. The van der Waals surface area contributed by atoms with Gasteiger partial charge in [0.2, 0.25) is 0 Å². The van der Waals surface area contributed by atoms with Gasteiger partial charge in [0, 0.05) is 16.6 Å². The summed E-state index contributed by atoms with van der Waals surface area (Å²) < 4.78 is 29.9. The quantitative estimate of drug-likeness (QED) is 0.702. The van der Waals surface area contributed by atoms with Crippen LogP contribution in [0.25, 0.3) is 0 Å². The van der Waals surface area contributed by atoms with Crippen LogP contribution < -0.4 is 10.1 Å². The average molecular weight is 336 g/mol. The summed E-state index contributed by atoms with van der Waals surface area (Å²) in [6, 6.07) is 5.05. The van der Waals surface area contributed by atoms with Gasteiger partial charge in [0.15, 0.2) is 0 Å². The Morgan fingerprint density at radius 3 is 2.68 bits per heavy atom. The summed E-state index contributed by atoms with van der Waals surface area (Å²) in [5, 5.41) is 3.25. The number of hydrogen-bond acceptors (Lipinski definition) is 2. The van der Waals surface area contributed by atoms with Crippen LogP contribution in [0.15, 0.2) is 22.7 Å². The summed E-state index contributed by atoms with van der Waals surface area (Å²) in [5.41, 5.74) is 0.735. The van der Waals surface area contributed by atoms with Crippen LogP contribution in [0.2, 0.25) is 0 Å². The van der Waals surface area contributed by atoms with Gasteiger partial charge in [-0.2, -0.15) is 8.78 Å². The Balaban J connectivity index is 2.48. The lowest BCUT2D eigenvalue weighted by Gasteiger charge is -2.12. The SMILES string of the molecule is CC(C)CCCNCc1cc(Br)ccc1OC(F)F. The van der Waals surface area contributed by atoms with Crippen molar-refractivity contribution in [3.05, 3.63) is 28.2 Å². The first-order valence-corrected chi connectivity index (χ1v) is 7.22. The third-order valence-corrected chi connectivity index (χ3v) is 3.18. The third kappa shape index (κ3) is 6.87. The number of nitrogens with one attached hydrogen (secondary N) is 1. The lowest BCUT2D eigenvalue weighted by Crippen LogP contribution is -2.16. The predicted molar refractivity (Wildman–Crippen MR) is 76.6 cm³/mol. The normalized spacial score (nSPS) is 11.3. The molecule has 0 saturated heterocycles. The molecule has 0 amide bonds. The lowest BCUT2D eigenvalue weighted by molar-refractivity contribution is -0.0505. The first kappa shape index (κ1) is 16.4. The maximum absolute atomic E-state index is 12.3. The van der Waals surface area contributed by atoms with E-state index in [0.29, 0.717) is 12.5 Å². The summed E-state index contributed by atoms with van der Waals surface area (Å²) in [6.45, 7) is 2.98. The van der Waals surface area contributed by atoms with Gasteiger partial charge in [-0.25, -0.2) is 0 Å². The van der Waals surface area contributed by atoms with E-state index in [1.807, 2.05) is 0 Å². The second kappa shape index (κ2) is 8.48. The van der Waals surface area contributed by atoms with Gasteiger partial charge in [0.1, 0.15) is 5.75 Å². The summed E-state index contributed by atoms with van der Waals surface area (Å²) in [4.78, 5) is 0. The molecule has 0 fully saturated rings. The van der Waals surface area contributed by atoms with Crippen molar-refractivity contribution in [2.45, 2.75) is 39.8 Å². The first-order valence-electron chi connectivity index (χ1n) is 6.43. The van der Waals surface area contributed by atoms with Gasteiger partial charge < -0.3 is 10.1 Å². The van der Waals surface area contributed by atoms with E-state index in [0.717, 1.165) is 29.4 Å². The predicted octanol–water partition coefficient (Wildman–Crippen LogP) is 4.58. The maximum atomic E-state index is 12.3. The van der Waals surface area contributed by atoms with Crippen LogP contribution in [0.4, 0.5) is 8.78 Å². The van der Waals surface area contributed by atoms with Gasteiger partial charge in [0.25, 0.3) is 0 Å². The molecule has 0 aliphatic rings. The van der Waals surface area contributed by atoms with Crippen molar-refractivity contribution in [3.8, 4) is 5.75 Å². The second-order valence-electron chi connectivity index (χ2n) is 4.84. The Bertz CT molecular complexity index is 386. The zero-order valence-corrected chi connectivity index (χ0v) is 12.8. The highest BCUT2D eigenvalue weighted by molar-refractivity contribution is 9.10. The number of alkyl halides is 2. The minimum Gasteiger partial charge on any atom is -0.434 e. The standard InChI is InChI=1S/C14H20BrF2NO/c1-10(2)4-3-7-18-9-11-8-12(15)5-6-13(11)19-14(16)17/h5-6,8,10,14,18H,3-4,7,9H2,1-2H3. The van der Waals surface area contributed by atoms with Gasteiger partial charge in [0.05, 0.1) is 0 Å². The molecule has 0 spiro atoms. The second-order valence-corrected chi connectivity index (χ2v) is 5.76. The highest BCUT2D eigenvalue weighted by Gasteiger charge is 2.09. The van der Waals surface area contributed by atoms with Crippen molar-refractivity contribution < 1.29 is 13.5 Å². The first-order chi connectivity index (χ1) is 8.99. The van der Waals surface area contributed by atoms with Crippen LogP contribution in [0.5, 0.6) is 5.75 Å². The highest BCUT2D eigenvalue weighted by Crippen LogP contribution is 2.24. The molecule has 0 atom stereocenters. The Hall–Kier alpha value is -0.680. The Morgan fingerprint density at radius 2 is 2.05 bits per heavy atom. The van der Waals surface area contributed by atoms with Crippen molar-refractivity contribution in [3.63, 3.8) is 0 Å². The smallest absolute Gasteiger partial charge is 0.387 e. The summed E-state index contributed by atoms with van der Waals surface area (Å²) >= 11 is 3.33. The summed E-state index contributed by atoms with van der Waals surface area (Å²) in [5.74, 6) is 0.917. The van der Waals surface area contributed by atoms with Crippen molar-refractivity contribution in [1.29, 1.82) is 0 Å². The van der Waals surface area contributed by atoms with Crippen molar-refractivity contribution >= 4 is 15.9 Å². The largest absolute Gasteiger partial charge is 0.434 e. The van der Waals surface area contributed by atoms with Gasteiger partial charge in [-0.1, -0.05) is 29.8 Å². The fourth-order valence-electron chi connectivity index (χ4n) is 1.76. The molecule has 0 radical (unpaired) electrons. The Labute approximate surface area is 121 Å². The zero-order valence-electron chi connectivity index (χ0n) is 11.3. The maximum Gasteiger partial charge on any atom is 0.387 e. The molecule has 0 unspecified atom stereocenters. The molecule has 108 valence electrons. The van der Waals surface area contributed by atoms with E-state index in [1.54, 1.807) is 18.2 Å². The molecule has 19 heavy (non-hydrogen) atoms. The van der Waals surface area contributed by atoms with Crippen molar-refractivity contribution in [1.82, 2.24) is 5.32 Å². The summed E-state index contributed by atoms with van der Waals surface area (Å²) in [6.07, 6.45) is 2.24. The zero-order chi connectivity index (χ0) is 14.3. The number of benzene rings is 1. The highest BCUT2D eigenvalue weighted by atomic mass is 79.9. The molecule has 1 rings (SSSR count). The fraction of sp³-hybridized carbons (Fsp3) is 0.571. The van der Waals surface area contributed by atoms with Crippen molar-refractivity contribution in [2.75, 3.05) is 6.54 Å². The molecule has 2 nitrogen and oxygen atoms in total. The molecular weight excluding hydrogens is 316 g/mol. The molecule has 1 aromatic rings. The molecular formula is C14H20BrF2NO. The van der Waals surface area contributed by atoms with E-state index in [-0.39, 0.29) is 5.75 Å². The number of halogens is 3. The van der Waals surface area contributed by atoms with Gasteiger partial charge in [-0.15, -0.1) is 0 Å². The fourth-order valence-corrected chi connectivity index (χ4v) is 2.16. The van der Waals surface area contributed by atoms with E-state index in [9.17, 15) is 8.78 Å². The van der Waals surface area contributed by atoms with Gasteiger partial charge >= 0.3 is 6.61 Å². The Morgan fingerprint density at radius 1 is 1.32 bits per heavy atom. The van der Waals surface area contributed by atoms with Crippen LogP contribution in [-0.4, -0.2) is 13.2 Å². The number of hydrogen-bond donors (Lipinski definition) is 1. The van der Waals surface area contributed by atoms with E-state index in [2.05, 4.69) is 39.8 Å². The van der Waals surface area contributed by atoms with E-state index in [1.165, 1.54) is 0 Å². The van der Waals surface area contributed by atoms with Crippen LogP contribution in [-0.2, 0) is 6.54 Å². The van der Waals surface area contributed by atoms with Crippen molar-refractivity contribution in [2.24, 2.45) is 5.92 Å². The number of ether oxygens (including phenoxy) is 1. The van der Waals surface area contributed by atoms with Crippen LogP contribution >= 0.6 is 15.9 Å². The lowest BCUT2D eigenvalue weighted by atomic mass is 10.1. The molecule has 1 N–H and O–H groups in total. The number of rotatable bonds is 8. The minimum atomic E-state index is -2.79. The minimum absolute atomic E-state index is 0.231.